The summed E-state index contributed by atoms with van der Waals surface area (Å²) in [5, 5.41) is 4.52. The van der Waals surface area contributed by atoms with Crippen LogP contribution in [0.5, 0.6) is 0 Å². The van der Waals surface area contributed by atoms with Gasteiger partial charge in [0.1, 0.15) is 0 Å². The fraction of sp³-hybridized carbons (Fsp3) is 0.182. The molecule has 0 radical (unpaired) electrons. The molecule has 0 aliphatic heterocycles. The van der Waals surface area contributed by atoms with E-state index in [0.29, 0.717) is 13.0 Å². The van der Waals surface area contributed by atoms with Crippen LogP contribution in [-0.4, -0.2) is 22.4 Å². The van der Waals surface area contributed by atoms with Crippen molar-refractivity contribution in [3.63, 3.8) is 0 Å². The predicted molar refractivity (Wildman–Crippen MR) is 70.2 cm³/mol. The minimum absolute atomic E-state index is 0.0961. The highest BCUT2D eigenvalue weighted by molar-refractivity contribution is 7.07. The van der Waals surface area contributed by atoms with Crippen molar-refractivity contribution < 1.29 is 9.18 Å². The zero-order valence-electron chi connectivity index (χ0n) is 9.89. The Kier molecular flexibility index (Phi) is 4.37. The maximum Gasteiger partial charge on any atom is 0.254 e. The van der Waals surface area contributed by atoms with Crippen molar-refractivity contribution in [1.29, 1.82) is 0 Å². The molecule has 100 valence electrons. The van der Waals surface area contributed by atoms with Crippen LogP contribution in [0, 0.1) is 5.82 Å². The van der Waals surface area contributed by atoms with Crippen LogP contribution >= 0.6 is 11.3 Å². The van der Waals surface area contributed by atoms with E-state index in [9.17, 15) is 9.18 Å². The lowest BCUT2D eigenvalue weighted by Crippen LogP contribution is -2.27. The summed E-state index contributed by atoms with van der Waals surface area (Å²) in [6.45, 7) is 0.385. The summed E-state index contributed by atoms with van der Waals surface area (Å²) in [4.78, 5) is 19.5. The number of halogens is 1. The Morgan fingerprint density at radius 3 is 3.00 bits per heavy atom. The molecule has 2 aromatic heterocycles. The highest BCUT2D eigenvalue weighted by Crippen LogP contribution is 2.13. The summed E-state index contributed by atoms with van der Waals surface area (Å²) in [5.41, 5.74) is 4.61. The van der Waals surface area contributed by atoms with E-state index in [0.717, 1.165) is 5.69 Å². The van der Waals surface area contributed by atoms with Crippen molar-refractivity contribution in [2.45, 2.75) is 6.42 Å². The van der Waals surface area contributed by atoms with E-state index in [1.165, 1.54) is 23.6 Å². The molecular formula is C11H12FN5OS. The van der Waals surface area contributed by atoms with E-state index < -0.39 is 11.7 Å². The lowest BCUT2D eigenvalue weighted by molar-refractivity contribution is 0.0950. The monoisotopic (exact) mass is 281 g/mol. The quantitative estimate of drug-likeness (QED) is 0.560. The number of amides is 1. The Morgan fingerprint density at radius 2 is 2.32 bits per heavy atom. The third-order valence-corrected chi connectivity index (χ3v) is 3.06. The number of thiazole rings is 1. The van der Waals surface area contributed by atoms with Gasteiger partial charge in [0.2, 0.25) is 0 Å². The Bertz CT molecular complexity index is 560. The first-order valence-electron chi connectivity index (χ1n) is 5.48. The number of nitrogens with two attached hydrogens (primary N) is 1. The van der Waals surface area contributed by atoms with Gasteiger partial charge in [-0.05, 0) is 6.07 Å². The molecule has 0 saturated carbocycles. The number of carbonyl (C=O) groups is 1. The second kappa shape index (κ2) is 6.21. The maximum absolute atomic E-state index is 13.7. The Labute approximate surface area is 112 Å². The lowest BCUT2D eigenvalue weighted by Gasteiger charge is -2.07. The van der Waals surface area contributed by atoms with Crippen LogP contribution in [0.25, 0.3) is 0 Å². The largest absolute Gasteiger partial charge is 0.352 e. The molecule has 0 spiro atoms. The number of hydrazine groups is 1. The average molecular weight is 281 g/mol. The summed E-state index contributed by atoms with van der Waals surface area (Å²) < 4.78 is 13.7. The van der Waals surface area contributed by atoms with Gasteiger partial charge in [-0.3, -0.25) is 4.79 Å². The Hall–Kier alpha value is -2.06. The van der Waals surface area contributed by atoms with Gasteiger partial charge in [-0.15, -0.1) is 11.3 Å². The summed E-state index contributed by atoms with van der Waals surface area (Å²) in [7, 11) is 0. The summed E-state index contributed by atoms with van der Waals surface area (Å²) in [5.74, 6) is 3.66. The number of nitrogens with zero attached hydrogens (tertiary/aromatic N) is 2. The highest BCUT2D eigenvalue weighted by atomic mass is 32.1. The number of hydrogen-bond donors (Lipinski definition) is 3. The van der Waals surface area contributed by atoms with Crippen LogP contribution in [0.3, 0.4) is 0 Å². The molecule has 0 aromatic carbocycles. The topological polar surface area (TPSA) is 92.9 Å². The third-order valence-electron chi connectivity index (χ3n) is 2.42. The summed E-state index contributed by atoms with van der Waals surface area (Å²) in [6, 6.07) is 1.30. The minimum atomic E-state index is -0.767. The Morgan fingerprint density at radius 1 is 1.47 bits per heavy atom. The van der Waals surface area contributed by atoms with Crippen molar-refractivity contribution in [2.75, 3.05) is 12.0 Å². The smallest absolute Gasteiger partial charge is 0.254 e. The van der Waals surface area contributed by atoms with Gasteiger partial charge in [-0.25, -0.2) is 20.2 Å². The zero-order chi connectivity index (χ0) is 13.7. The minimum Gasteiger partial charge on any atom is -0.352 e. The SMILES string of the molecule is NNc1nccc(C(=O)NCCc2cscn2)c1F. The molecule has 2 rings (SSSR count). The third kappa shape index (κ3) is 3.24. The van der Waals surface area contributed by atoms with Crippen molar-refractivity contribution in [3.05, 3.63) is 40.2 Å². The second-order valence-corrected chi connectivity index (χ2v) is 4.37. The number of hydrogen-bond acceptors (Lipinski definition) is 6. The van der Waals surface area contributed by atoms with Gasteiger partial charge in [-0.2, -0.15) is 0 Å². The second-order valence-electron chi connectivity index (χ2n) is 3.65. The first kappa shape index (κ1) is 13.4. The number of aromatic nitrogens is 2. The first-order chi connectivity index (χ1) is 9.22. The van der Waals surface area contributed by atoms with Gasteiger partial charge < -0.3 is 10.7 Å². The number of rotatable bonds is 5. The number of nitrogen functional groups attached to an aromatic ring is 1. The first-order valence-corrected chi connectivity index (χ1v) is 6.43. The van der Waals surface area contributed by atoms with Crippen LogP contribution in [0.2, 0.25) is 0 Å². The Balaban J connectivity index is 1.96. The fourth-order valence-electron chi connectivity index (χ4n) is 1.48. The van der Waals surface area contributed by atoms with Crippen molar-refractivity contribution in [2.24, 2.45) is 5.84 Å². The van der Waals surface area contributed by atoms with Gasteiger partial charge in [0.15, 0.2) is 11.6 Å². The summed E-state index contributed by atoms with van der Waals surface area (Å²) in [6.07, 6.45) is 1.91. The molecule has 4 N–H and O–H groups in total. The van der Waals surface area contributed by atoms with Crippen molar-refractivity contribution in [3.8, 4) is 0 Å². The zero-order valence-corrected chi connectivity index (χ0v) is 10.7. The van der Waals surface area contributed by atoms with Gasteiger partial charge in [0, 0.05) is 24.5 Å². The number of carbonyl (C=O) groups excluding carboxylic acids is 1. The predicted octanol–water partition coefficient (Wildman–Crippen LogP) is 0.935. The van der Waals surface area contributed by atoms with Crippen LogP contribution in [-0.2, 0) is 6.42 Å². The molecule has 2 heterocycles. The fourth-order valence-corrected chi connectivity index (χ4v) is 2.07. The van der Waals surface area contributed by atoms with E-state index in [4.69, 9.17) is 5.84 Å². The van der Waals surface area contributed by atoms with Gasteiger partial charge in [0.25, 0.3) is 5.91 Å². The maximum atomic E-state index is 13.7. The molecule has 8 heteroatoms. The summed E-state index contributed by atoms with van der Waals surface area (Å²) >= 11 is 1.49. The molecule has 0 atom stereocenters. The molecule has 6 nitrogen and oxygen atoms in total. The molecule has 0 fully saturated rings. The number of nitrogens with one attached hydrogen (secondary N) is 2. The van der Waals surface area contributed by atoms with E-state index in [1.54, 1.807) is 5.51 Å². The van der Waals surface area contributed by atoms with E-state index in [2.05, 4.69) is 20.7 Å². The van der Waals surface area contributed by atoms with E-state index in [-0.39, 0.29) is 11.4 Å². The molecule has 0 aliphatic carbocycles. The van der Waals surface area contributed by atoms with Gasteiger partial charge in [0.05, 0.1) is 16.8 Å². The van der Waals surface area contributed by atoms with Gasteiger partial charge >= 0.3 is 0 Å². The highest BCUT2D eigenvalue weighted by Gasteiger charge is 2.15. The van der Waals surface area contributed by atoms with Crippen LogP contribution < -0.4 is 16.6 Å². The molecule has 19 heavy (non-hydrogen) atoms. The lowest BCUT2D eigenvalue weighted by atomic mass is 10.2. The van der Waals surface area contributed by atoms with Crippen LogP contribution in [0.1, 0.15) is 16.1 Å². The molecule has 0 aliphatic rings. The van der Waals surface area contributed by atoms with E-state index >= 15 is 0 Å². The van der Waals surface area contributed by atoms with E-state index in [1.807, 2.05) is 5.38 Å². The normalized spacial score (nSPS) is 10.2. The number of pyridine rings is 1. The van der Waals surface area contributed by atoms with Crippen molar-refractivity contribution >= 4 is 23.1 Å². The van der Waals surface area contributed by atoms with Crippen molar-refractivity contribution in [1.82, 2.24) is 15.3 Å². The van der Waals surface area contributed by atoms with Gasteiger partial charge in [-0.1, -0.05) is 0 Å². The average Bonchev–Trinajstić information content (AvgIpc) is 2.92. The van der Waals surface area contributed by atoms with Crippen LogP contribution in [0.15, 0.2) is 23.2 Å². The molecule has 2 aromatic rings. The molecule has 0 unspecified atom stereocenters. The van der Waals surface area contributed by atoms with Crippen LogP contribution in [0.4, 0.5) is 10.2 Å². The number of anilines is 1. The molecule has 0 saturated heterocycles. The standard InChI is InChI=1S/C11H12FN5OS/c12-9-8(2-4-14-10(9)17-13)11(18)15-3-1-7-5-19-6-16-7/h2,4-6H,1,3,13H2,(H,14,17)(H,15,18). The molecule has 1 amide bonds. The molecular weight excluding hydrogens is 269 g/mol. The molecule has 0 bridgehead atoms.